The molecule has 0 aliphatic carbocycles. The Kier molecular flexibility index (Phi) is 5.00. The number of amides is 1. The van der Waals surface area contributed by atoms with E-state index in [1.165, 1.54) is 22.2 Å². The number of thiazole rings is 1. The standard InChI is InChI=1S/C19H23N3OS/c1-4-10-22(11-5-2)19(23)15-13-24-18(20-15)17-12-14-8-6-7-9-16(14)21(17)3/h6-9,12-13H,4-5,10-11H2,1-3H3. The first-order valence-electron chi connectivity index (χ1n) is 8.45. The van der Waals surface area contributed by atoms with Crippen molar-refractivity contribution in [1.29, 1.82) is 0 Å². The summed E-state index contributed by atoms with van der Waals surface area (Å²) in [6.07, 6.45) is 1.93. The van der Waals surface area contributed by atoms with Gasteiger partial charge in [0.1, 0.15) is 10.7 Å². The summed E-state index contributed by atoms with van der Waals surface area (Å²) in [6, 6.07) is 10.4. The molecule has 0 saturated heterocycles. The highest BCUT2D eigenvalue weighted by molar-refractivity contribution is 7.13. The van der Waals surface area contributed by atoms with E-state index in [-0.39, 0.29) is 5.91 Å². The summed E-state index contributed by atoms with van der Waals surface area (Å²) in [5, 5.41) is 3.97. The van der Waals surface area contributed by atoms with Crippen molar-refractivity contribution in [2.45, 2.75) is 26.7 Å². The molecule has 0 unspecified atom stereocenters. The van der Waals surface area contributed by atoms with E-state index < -0.39 is 0 Å². The number of hydrogen-bond acceptors (Lipinski definition) is 3. The van der Waals surface area contributed by atoms with Crippen molar-refractivity contribution in [2.75, 3.05) is 13.1 Å². The molecule has 4 nitrogen and oxygen atoms in total. The summed E-state index contributed by atoms with van der Waals surface area (Å²) >= 11 is 1.53. The molecule has 3 rings (SSSR count). The highest BCUT2D eigenvalue weighted by Crippen LogP contribution is 2.29. The van der Waals surface area contributed by atoms with E-state index in [0.29, 0.717) is 5.69 Å². The van der Waals surface area contributed by atoms with Gasteiger partial charge < -0.3 is 9.47 Å². The van der Waals surface area contributed by atoms with E-state index in [2.05, 4.69) is 41.6 Å². The molecule has 2 heterocycles. The lowest BCUT2D eigenvalue weighted by molar-refractivity contribution is 0.0750. The topological polar surface area (TPSA) is 38.1 Å². The number of rotatable bonds is 6. The number of aryl methyl sites for hydroxylation is 1. The fourth-order valence-corrected chi connectivity index (χ4v) is 3.84. The Morgan fingerprint density at radius 1 is 1.21 bits per heavy atom. The van der Waals surface area contributed by atoms with Crippen LogP contribution < -0.4 is 0 Å². The van der Waals surface area contributed by atoms with Crippen molar-refractivity contribution < 1.29 is 4.79 Å². The molecule has 1 aromatic carbocycles. The van der Waals surface area contributed by atoms with Crippen LogP contribution in [0.4, 0.5) is 0 Å². The lowest BCUT2D eigenvalue weighted by Gasteiger charge is -2.20. The molecular weight excluding hydrogens is 318 g/mol. The first-order valence-corrected chi connectivity index (χ1v) is 9.33. The number of carbonyl (C=O) groups is 1. The SMILES string of the molecule is CCCN(CCC)C(=O)c1csc(-c2cc3ccccc3n2C)n1. The molecule has 0 spiro atoms. The fraction of sp³-hybridized carbons (Fsp3) is 0.368. The van der Waals surface area contributed by atoms with Gasteiger partial charge in [-0.25, -0.2) is 4.98 Å². The molecule has 0 aliphatic rings. The Morgan fingerprint density at radius 2 is 1.92 bits per heavy atom. The largest absolute Gasteiger partial charge is 0.342 e. The summed E-state index contributed by atoms with van der Waals surface area (Å²) < 4.78 is 2.14. The predicted molar refractivity (Wildman–Crippen MR) is 101 cm³/mol. The molecule has 5 heteroatoms. The van der Waals surface area contributed by atoms with E-state index in [9.17, 15) is 4.79 Å². The van der Waals surface area contributed by atoms with Gasteiger partial charge in [0.25, 0.3) is 5.91 Å². The van der Waals surface area contributed by atoms with Crippen LogP contribution in [-0.2, 0) is 7.05 Å². The van der Waals surface area contributed by atoms with Gasteiger partial charge in [0.15, 0.2) is 0 Å². The summed E-state index contributed by atoms with van der Waals surface area (Å²) in [6.45, 7) is 5.76. The minimum Gasteiger partial charge on any atom is -0.342 e. The molecule has 0 bridgehead atoms. The van der Waals surface area contributed by atoms with Crippen molar-refractivity contribution >= 4 is 28.1 Å². The zero-order valence-electron chi connectivity index (χ0n) is 14.5. The van der Waals surface area contributed by atoms with Gasteiger partial charge in [-0.15, -0.1) is 11.3 Å². The van der Waals surface area contributed by atoms with E-state index >= 15 is 0 Å². The van der Waals surface area contributed by atoms with Crippen molar-refractivity contribution in [3.8, 4) is 10.7 Å². The Morgan fingerprint density at radius 3 is 2.58 bits per heavy atom. The van der Waals surface area contributed by atoms with Crippen LogP contribution in [0.2, 0.25) is 0 Å². The van der Waals surface area contributed by atoms with Gasteiger partial charge in [-0.2, -0.15) is 0 Å². The van der Waals surface area contributed by atoms with Crippen molar-refractivity contribution in [3.63, 3.8) is 0 Å². The van der Waals surface area contributed by atoms with Crippen LogP contribution in [0.1, 0.15) is 37.2 Å². The van der Waals surface area contributed by atoms with Gasteiger partial charge in [-0.05, 0) is 25.0 Å². The molecule has 1 amide bonds. The molecule has 0 radical (unpaired) electrons. The summed E-state index contributed by atoms with van der Waals surface area (Å²) in [5.41, 5.74) is 2.79. The number of para-hydroxylation sites is 1. The molecule has 2 aromatic heterocycles. The van der Waals surface area contributed by atoms with Crippen LogP contribution in [0.25, 0.3) is 21.6 Å². The number of carbonyl (C=O) groups excluding carboxylic acids is 1. The van der Waals surface area contributed by atoms with Gasteiger partial charge in [-0.3, -0.25) is 4.79 Å². The normalized spacial score (nSPS) is 11.1. The highest BCUT2D eigenvalue weighted by atomic mass is 32.1. The second-order valence-electron chi connectivity index (χ2n) is 5.98. The quantitative estimate of drug-likeness (QED) is 0.659. The van der Waals surface area contributed by atoms with Crippen LogP contribution in [0.5, 0.6) is 0 Å². The van der Waals surface area contributed by atoms with Crippen LogP contribution in [-0.4, -0.2) is 33.4 Å². The lowest BCUT2D eigenvalue weighted by Crippen LogP contribution is -2.32. The number of fused-ring (bicyclic) bond motifs is 1. The first kappa shape index (κ1) is 16.7. The first-order chi connectivity index (χ1) is 11.7. The zero-order valence-corrected chi connectivity index (χ0v) is 15.3. The second kappa shape index (κ2) is 7.18. The van der Waals surface area contributed by atoms with Crippen molar-refractivity contribution in [3.05, 3.63) is 41.4 Å². The van der Waals surface area contributed by atoms with E-state index in [0.717, 1.165) is 36.6 Å². The highest BCUT2D eigenvalue weighted by Gasteiger charge is 2.19. The third-order valence-electron chi connectivity index (χ3n) is 4.17. The molecule has 0 atom stereocenters. The maximum atomic E-state index is 12.7. The maximum Gasteiger partial charge on any atom is 0.273 e. The van der Waals surface area contributed by atoms with Crippen LogP contribution >= 0.6 is 11.3 Å². The minimum atomic E-state index is 0.0416. The van der Waals surface area contributed by atoms with E-state index in [4.69, 9.17) is 0 Å². The Bertz CT molecular complexity index is 843. The van der Waals surface area contributed by atoms with Gasteiger partial charge >= 0.3 is 0 Å². The number of aromatic nitrogens is 2. The smallest absolute Gasteiger partial charge is 0.273 e. The summed E-state index contributed by atoms with van der Waals surface area (Å²) in [7, 11) is 2.04. The molecule has 0 saturated carbocycles. The maximum absolute atomic E-state index is 12.7. The number of hydrogen-bond donors (Lipinski definition) is 0. The fourth-order valence-electron chi connectivity index (χ4n) is 3.00. The van der Waals surface area contributed by atoms with Crippen molar-refractivity contribution in [1.82, 2.24) is 14.5 Å². The van der Waals surface area contributed by atoms with Gasteiger partial charge in [0.05, 0.1) is 5.69 Å². The minimum absolute atomic E-state index is 0.0416. The summed E-state index contributed by atoms with van der Waals surface area (Å²) in [5.74, 6) is 0.0416. The van der Waals surface area contributed by atoms with Crippen LogP contribution in [0, 0.1) is 0 Å². The molecule has 0 aliphatic heterocycles. The summed E-state index contributed by atoms with van der Waals surface area (Å²) in [4.78, 5) is 19.2. The molecular formula is C19H23N3OS. The lowest BCUT2D eigenvalue weighted by atomic mass is 10.2. The predicted octanol–water partition coefficient (Wildman–Crippen LogP) is 4.56. The second-order valence-corrected chi connectivity index (χ2v) is 6.84. The monoisotopic (exact) mass is 341 g/mol. The van der Waals surface area contributed by atoms with Gasteiger partial charge in [-0.1, -0.05) is 32.0 Å². The Balaban J connectivity index is 1.92. The molecule has 24 heavy (non-hydrogen) atoms. The Hall–Kier alpha value is -2.14. The molecule has 0 N–H and O–H groups in total. The molecule has 126 valence electrons. The van der Waals surface area contributed by atoms with Gasteiger partial charge in [0.2, 0.25) is 0 Å². The average Bonchev–Trinajstić information content (AvgIpc) is 3.19. The van der Waals surface area contributed by atoms with Crippen LogP contribution in [0.3, 0.4) is 0 Å². The molecule has 0 fully saturated rings. The van der Waals surface area contributed by atoms with Gasteiger partial charge in [0, 0.05) is 36.4 Å². The zero-order chi connectivity index (χ0) is 17.1. The van der Waals surface area contributed by atoms with Crippen LogP contribution in [0.15, 0.2) is 35.7 Å². The van der Waals surface area contributed by atoms with E-state index in [1.807, 2.05) is 29.5 Å². The molecule has 3 aromatic rings. The number of benzene rings is 1. The number of nitrogens with zero attached hydrogens (tertiary/aromatic N) is 3. The third-order valence-corrected chi connectivity index (χ3v) is 5.03. The average molecular weight is 341 g/mol. The third kappa shape index (κ3) is 3.08. The Labute approximate surface area is 146 Å². The van der Waals surface area contributed by atoms with E-state index in [1.54, 1.807) is 0 Å². The van der Waals surface area contributed by atoms with Crippen molar-refractivity contribution in [2.24, 2.45) is 7.05 Å².